The Bertz CT molecular complexity index is 896. The number of amides is 2. The summed E-state index contributed by atoms with van der Waals surface area (Å²) in [5, 5.41) is 0. The summed E-state index contributed by atoms with van der Waals surface area (Å²) < 4.78 is 16.2. The molecule has 2 amide bonds. The van der Waals surface area contributed by atoms with Crippen molar-refractivity contribution in [2.45, 2.75) is 19.4 Å². The second-order valence-corrected chi connectivity index (χ2v) is 6.39. The molecule has 0 bridgehead atoms. The van der Waals surface area contributed by atoms with E-state index in [-0.39, 0.29) is 11.5 Å². The Balaban J connectivity index is 2.05. The van der Waals surface area contributed by atoms with Crippen LogP contribution in [-0.4, -0.2) is 44.1 Å². The van der Waals surface area contributed by atoms with Crippen LogP contribution in [0.15, 0.2) is 36.4 Å². The fourth-order valence-corrected chi connectivity index (χ4v) is 3.46. The Morgan fingerprint density at radius 2 is 1.86 bits per heavy atom. The quantitative estimate of drug-likeness (QED) is 0.556. The highest BCUT2D eigenvalue weighted by Crippen LogP contribution is 2.38. The molecule has 0 aliphatic carbocycles. The monoisotopic (exact) mass is 384 g/mol. The molecule has 0 saturated heterocycles. The van der Waals surface area contributed by atoms with E-state index in [1.54, 1.807) is 44.6 Å². The van der Waals surface area contributed by atoms with Gasteiger partial charge in [0, 0.05) is 19.4 Å². The Kier molecular flexibility index (Phi) is 5.84. The van der Waals surface area contributed by atoms with Crippen molar-refractivity contribution in [3.63, 3.8) is 0 Å². The summed E-state index contributed by atoms with van der Waals surface area (Å²) in [4.78, 5) is 27.4. The van der Waals surface area contributed by atoms with Gasteiger partial charge in [-0.25, -0.2) is 0 Å². The van der Waals surface area contributed by atoms with Crippen molar-refractivity contribution in [1.29, 1.82) is 0 Å². The first-order chi connectivity index (χ1) is 13.5. The van der Waals surface area contributed by atoms with E-state index in [0.29, 0.717) is 42.4 Å². The van der Waals surface area contributed by atoms with Crippen LogP contribution in [0.1, 0.15) is 45.7 Å². The topological polar surface area (TPSA) is 91.1 Å². The molecule has 1 aliphatic rings. The zero-order valence-electron chi connectivity index (χ0n) is 16.2. The standard InChI is InChI=1S/C21H24N2O5/c1-4-28-18-12-13(8-9-17(18)27-3)16(10-11-26-2)23-20(24)14-6-5-7-15(22)19(14)21(23)25/h5-9,12,16H,4,10-11,22H2,1-3H3. The Labute approximate surface area is 164 Å². The van der Waals surface area contributed by atoms with E-state index in [1.807, 2.05) is 13.0 Å². The van der Waals surface area contributed by atoms with Gasteiger partial charge in [0.1, 0.15) is 0 Å². The number of rotatable bonds is 8. The van der Waals surface area contributed by atoms with Gasteiger partial charge in [0.2, 0.25) is 0 Å². The largest absolute Gasteiger partial charge is 0.493 e. The number of carbonyl (C=O) groups is 2. The number of fused-ring (bicyclic) bond motifs is 1. The Hall–Kier alpha value is -3.06. The van der Waals surface area contributed by atoms with Crippen LogP contribution in [0.5, 0.6) is 11.5 Å². The van der Waals surface area contributed by atoms with E-state index in [4.69, 9.17) is 19.9 Å². The Morgan fingerprint density at radius 1 is 1.07 bits per heavy atom. The summed E-state index contributed by atoms with van der Waals surface area (Å²) in [6.07, 6.45) is 0.444. The lowest BCUT2D eigenvalue weighted by Crippen LogP contribution is -2.35. The van der Waals surface area contributed by atoms with Gasteiger partial charge >= 0.3 is 0 Å². The van der Waals surface area contributed by atoms with Gasteiger partial charge in [-0.05, 0) is 43.2 Å². The van der Waals surface area contributed by atoms with Gasteiger partial charge < -0.3 is 19.9 Å². The van der Waals surface area contributed by atoms with Gasteiger partial charge in [-0.3, -0.25) is 14.5 Å². The number of nitrogens with two attached hydrogens (primary N) is 1. The van der Waals surface area contributed by atoms with Crippen molar-refractivity contribution in [3.05, 3.63) is 53.1 Å². The van der Waals surface area contributed by atoms with Gasteiger partial charge in [0.05, 0.1) is 30.9 Å². The molecule has 1 aliphatic heterocycles. The molecule has 1 heterocycles. The lowest BCUT2D eigenvalue weighted by Gasteiger charge is -2.27. The third-order valence-electron chi connectivity index (χ3n) is 4.76. The molecule has 0 radical (unpaired) electrons. The number of nitrogen functional groups attached to an aromatic ring is 1. The smallest absolute Gasteiger partial charge is 0.264 e. The minimum absolute atomic E-state index is 0.258. The summed E-state index contributed by atoms with van der Waals surface area (Å²) in [5.74, 6) is 0.388. The molecule has 7 heteroatoms. The van der Waals surface area contributed by atoms with Crippen LogP contribution in [0.25, 0.3) is 0 Å². The molecule has 2 N–H and O–H groups in total. The number of hydrogen-bond donors (Lipinski definition) is 1. The normalized spacial score (nSPS) is 14.2. The maximum atomic E-state index is 13.1. The van der Waals surface area contributed by atoms with Gasteiger partial charge in [-0.15, -0.1) is 0 Å². The van der Waals surface area contributed by atoms with Gasteiger partial charge in [0.15, 0.2) is 11.5 Å². The van der Waals surface area contributed by atoms with Crippen LogP contribution in [0.3, 0.4) is 0 Å². The summed E-state index contributed by atoms with van der Waals surface area (Å²) in [5.41, 5.74) is 7.61. The molecular weight excluding hydrogens is 360 g/mol. The average molecular weight is 384 g/mol. The molecule has 0 spiro atoms. The molecule has 2 aromatic rings. The first kappa shape index (κ1) is 19.7. The van der Waals surface area contributed by atoms with E-state index in [1.165, 1.54) is 4.90 Å². The van der Waals surface area contributed by atoms with Gasteiger partial charge in [-0.2, -0.15) is 0 Å². The molecule has 0 fully saturated rings. The SMILES string of the molecule is CCOc1cc(C(CCOC)N2C(=O)c3cccc(N)c3C2=O)ccc1OC. The molecule has 0 saturated carbocycles. The van der Waals surface area contributed by atoms with Crippen molar-refractivity contribution in [2.24, 2.45) is 0 Å². The van der Waals surface area contributed by atoms with E-state index in [2.05, 4.69) is 0 Å². The fraction of sp³-hybridized carbons (Fsp3) is 0.333. The van der Waals surface area contributed by atoms with E-state index in [9.17, 15) is 9.59 Å². The number of ether oxygens (including phenoxy) is 3. The van der Waals surface area contributed by atoms with E-state index in [0.717, 1.165) is 5.56 Å². The summed E-state index contributed by atoms with van der Waals surface area (Å²) >= 11 is 0. The lowest BCUT2D eigenvalue weighted by molar-refractivity contribution is 0.0545. The first-order valence-corrected chi connectivity index (χ1v) is 9.09. The minimum atomic E-state index is -0.517. The van der Waals surface area contributed by atoms with Gasteiger partial charge in [0.25, 0.3) is 11.8 Å². The average Bonchev–Trinajstić information content (AvgIpc) is 2.95. The summed E-state index contributed by atoms with van der Waals surface area (Å²) in [7, 11) is 3.14. The van der Waals surface area contributed by atoms with Crippen molar-refractivity contribution in [1.82, 2.24) is 4.90 Å². The summed E-state index contributed by atoms with van der Waals surface area (Å²) in [6, 6.07) is 9.80. The highest BCUT2D eigenvalue weighted by atomic mass is 16.5. The first-order valence-electron chi connectivity index (χ1n) is 9.09. The molecule has 2 aromatic carbocycles. The number of benzene rings is 2. The highest BCUT2D eigenvalue weighted by Gasteiger charge is 2.41. The van der Waals surface area contributed by atoms with Crippen LogP contribution in [0.4, 0.5) is 5.69 Å². The molecule has 7 nitrogen and oxygen atoms in total. The van der Waals surface area contributed by atoms with Crippen molar-refractivity contribution in [3.8, 4) is 11.5 Å². The number of nitrogens with zero attached hydrogens (tertiary/aromatic N) is 1. The zero-order valence-corrected chi connectivity index (χ0v) is 16.2. The number of methoxy groups -OCH3 is 2. The van der Waals surface area contributed by atoms with Crippen LogP contribution in [0.2, 0.25) is 0 Å². The maximum absolute atomic E-state index is 13.1. The number of carbonyl (C=O) groups excluding carboxylic acids is 2. The number of anilines is 1. The second-order valence-electron chi connectivity index (χ2n) is 6.39. The molecule has 148 valence electrons. The molecule has 1 unspecified atom stereocenters. The number of imide groups is 1. The predicted octanol–water partition coefficient (Wildman–Crippen LogP) is 3.05. The van der Waals surface area contributed by atoms with E-state index < -0.39 is 11.9 Å². The minimum Gasteiger partial charge on any atom is -0.493 e. The van der Waals surface area contributed by atoms with Crippen LogP contribution >= 0.6 is 0 Å². The van der Waals surface area contributed by atoms with Crippen molar-refractivity contribution in [2.75, 3.05) is 33.2 Å². The molecule has 0 aromatic heterocycles. The van der Waals surface area contributed by atoms with Crippen LogP contribution in [-0.2, 0) is 4.74 Å². The number of hydrogen-bond acceptors (Lipinski definition) is 6. The van der Waals surface area contributed by atoms with Crippen molar-refractivity contribution < 1.29 is 23.8 Å². The lowest BCUT2D eigenvalue weighted by atomic mass is 10.0. The van der Waals surface area contributed by atoms with Crippen LogP contribution in [0, 0.1) is 0 Å². The summed E-state index contributed by atoms with van der Waals surface area (Å²) in [6.45, 7) is 2.72. The third kappa shape index (κ3) is 3.41. The molecule has 1 atom stereocenters. The molecular formula is C21H24N2O5. The maximum Gasteiger partial charge on any atom is 0.264 e. The van der Waals surface area contributed by atoms with E-state index >= 15 is 0 Å². The van der Waals surface area contributed by atoms with Crippen LogP contribution < -0.4 is 15.2 Å². The van der Waals surface area contributed by atoms with Gasteiger partial charge in [-0.1, -0.05) is 12.1 Å². The second kappa shape index (κ2) is 8.31. The van der Waals surface area contributed by atoms with Crippen molar-refractivity contribution >= 4 is 17.5 Å². The Morgan fingerprint density at radius 3 is 2.50 bits per heavy atom. The molecule has 3 rings (SSSR count). The molecule has 28 heavy (non-hydrogen) atoms. The highest BCUT2D eigenvalue weighted by molar-refractivity contribution is 6.23. The fourth-order valence-electron chi connectivity index (χ4n) is 3.46. The zero-order chi connectivity index (χ0) is 20.3. The predicted molar refractivity (Wildman–Crippen MR) is 105 cm³/mol. The third-order valence-corrected chi connectivity index (χ3v) is 4.76.